The van der Waals surface area contributed by atoms with Crippen LogP contribution in [-0.4, -0.2) is 28.4 Å². The molecule has 3 rings (SSSR count). The lowest BCUT2D eigenvalue weighted by Gasteiger charge is -2.14. The van der Waals surface area contributed by atoms with Crippen molar-refractivity contribution < 1.29 is 14.3 Å². The maximum atomic E-state index is 12.6. The van der Waals surface area contributed by atoms with Crippen molar-refractivity contribution in [1.29, 1.82) is 0 Å². The molecule has 2 N–H and O–H groups in total. The number of aromatic nitrogens is 2. The number of rotatable bonds is 7. The summed E-state index contributed by atoms with van der Waals surface area (Å²) in [5.74, 6) is 0.340. The normalized spacial score (nSPS) is 11.2. The molecule has 8 heteroatoms. The third-order valence-electron chi connectivity index (χ3n) is 4.93. The molecule has 0 atom stereocenters. The van der Waals surface area contributed by atoms with E-state index in [0.717, 1.165) is 16.9 Å². The molecule has 0 saturated carbocycles. The summed E-state index contributed by atoms with van der Waals surface area (Å²) in [5, 5.41) is 11.0. The summed E-state index contributed by atoms with van der Waals surface area (Å²) in [7, 11) is 0. The molecule has 2 amide bonds. The van der Waals surface area contributed by atoms with Gasteiger partial charge >= 0.3 is 12.0 Å². The second-order valence-corrected chi connectivity index (χ2v) is 9.07. The van der Waals surface area contributed by atoms with Gasteiger partial charge in [-0.05, 0) is 55.3 Å². The number of anilines is 2. The van der Waals surface area contributed by atoms with E-state index in [-0.39, 0.29) is 17.4 Å². The molecular weight excluding hydrogens is 440 g/mol. The largest absolute Gasteiger partial charge is 0.466 e. The summed E-state index contributed by atoms with van der Waals surface area (Å²) in [6.07, 6.45) is 0.931. The number of benzene rings is 2. The Bertz CT molecular complexity index is 1100. The quantitative estimate of drug-likeness (QED) is 0.419. The van der Waals surface area contributed by atoms with Crippen LogP contribution in [0.5, 0.6) is 0 Å². The van der Waals surface area contributed by atoms with Crippen molar-refractivity contribution in [1.82, 2.24) is 9.78 Å². The number of halogens is 1. The van der Waals surface area contributed by atoms with Crippen LogP contribution in [0.1, 0.15) is 45.4 Å². The molecular formula is C25H29ClN4O3. The van der Waals surface area contributed by atoms with Crippen LogP contribution in [-0.2, 0) is 21.4 Å². The van der Waals surface area contributed by atoms with Crippen molar-refractivity contribution in [3.05, 3.63) is 70.9 Å². The Morgan fingerprint density at radius 2 is 1.70 bits per heavy atom. The highest BCUT2D eigenvalue weighted by Gasteiger charge is 2.21. The zero-order chi connectivity index (χ0) is 24.0. The van der Waals surface area contributed by atoms with Crippen LogP contribution < -0.4 is 10.6 Å². The predicted octanol–water partition coefficient (Wildman–Crippen LogP) is 5.96. The maximum absolute atomic E-state index is 12.6. The highest BCUT2D eigenvalue weighted by Crippen LogP contribution is 2.27. The number of urea groups is 1. The molecule has 0 saturated heterocycles. The number of esters is 1. The second-order valence-electron chi connectivity index (χ2n) is 8.63. The van der Waals surface area contributed by atoms with Gasteiger partial charge in [0.05, 0.1) is 18.0 Å². The number of nitrogens with zero attached hydrogens (tertiary/aromatic N) is 2. The maximum Gasteiger partial charge on any atom is 0.324 e. The van der Waals surface area contributed by atoms with Crippen LogP contribution >= 0.6 is 11.6 Å². The average molecular weight is 469 g/mol. The topological polar surface area (TPSA) is 85.2 Å². The zero-order valence-corrected chi connectivity index (χ0v) is 20.1. The number of nitrogens with one attached hydrogen (secondary N) is 2. The van der Waals surface area contributed by atoms with Gasteiger partial charge < -0.3 is 10.1 Å². The van der Waals surface area contributed by atoms with Gasteiger partial charge in [-0.15, -0.1) is 0 Å². The Kier molecular flexibility index (Phi) is 7.76. The molecule has 7 nitrogen and oxygen atoms in total. The summed E-state index contributed by atoms with van der Waals surface area (Å²) in [6, 6.07) is 16.1. The van der Waals surface area contributed by atoms with Crippen LogP contribution in [0.15, 0.2) is 54.6 Å². The van der Waals surface area contributed by atoms with E-state index in [1.165, 1.54) is 0 Å². The number of carbonyl (C=O) groups is 2. The molecule has 0 aliphatic carbocycles. The molecule has 0 unspecified atom stereocenters. The van der Waals surface area contributed by atoms with Gasteiger partial charge in [0, 0.05) is 28.6 Å². The molecule has 0 aliphatic rings. The van der Waals surface area contributed by atoms with E-state index in [9.17, 15) is 9.59 Å². The minimum absolute atomic E-state index is 0.200. The summed E-state index contributed by atoms with van der Waals surface area (Å²) in [6.45, 7) is 8.37. The Balaban J connectivity index is 1.79. The molecule has 0 aliphatic heterocycles. The van der Waals surface area contributed by atoms with E-state index < -0.39 is 0 Å². The fourth-order valence-corrected chi connectivity index (χ4v) is 3.25. The number of amides is 2. The smallest absolute Gasteiger partial charge is 0.324 e. The van der Waals surface area contributed by atoms with Gasteiger partial charge in [0.25, 0.3) is 0 Å². The van der Waals surface area contributed by atoms with Gasteiger partial charge in [-0.2, -0.15) is 5.10 Å². The van der Waals surface area contributed by atoms with Crippen molar-refractivity contribution in [2.75, 3.05) is 17.2 Å². The minimum Gasteiger partial charge on any atom is -0.466 e. The van der Waals surface area contributed by atoms with Crippen LogP contribution in [0.4, 0.5) is 16.3 Å². The third kappa shape index (κ3) is 6.83. The van der Waals surface area contributed by atoms with Crippen molar-refractivity contribution in [3.63, 3.8) is 0 Å². The zero-order valence-electron chi connectivity index (χ0n) is 19.3. The van der Waals surface area contributed by atoms with Crippen LogP contribution in [0.2, 0.25) is 5.02 Å². The number of hydrogen-bond donors (Lipinski definition) is 2. The van der Waals surface area contributed by atoms with E-state index in [4.69, 9.17) is 21.4 Å². The first-order chi connectivity index (χ1) is 15.7. The molecule has 1 heterocycles. The monoisotopic (exact) mass is 468 g/mol. The Hall–Kier alpha value is -3.32. The number of carbonyl (C=O) groups excluding carboxylic acids is 2. The van der Waals surface area contributed by atoms with Crippen molar-refractivity contribution >= 4 is 35.1 Å². The highest BCUT2D eigenvalue weighted by molar-refractivity contribution is 6.30. The van der Waals surface area contributed by atoms with E-state index >= 15 is 0 Å². The second kappa shape index (κ2) is 10.5. The van der Waals surface area contributed by atoms with Gasteiger partial charge in [-0.3, -0.25) is 10.1 Å². The molecule has 2 aromatic carbocycles. The molecule has 3 aromatic rings. The lowest BCUT2D eigenvalue weighted by atomic mass is 9.92. The first-order valence-corrected chi connectivity index (χ1v) is 11.2. The lowest BCUT2D eigenvalue weighted by molar-refractivity contribution is -0.143. The fourth-order valence-electron chi connectivity index (χ4n) is 3.13. The van der Waals surface area contributed by atoms with E-state index in [2.05, 4.69) is 31.4 Å². The van der Waals surface area contributed by atoms with Gasteiger partial charge in [0.1, 0.15) is 5.82 Å². The van der Waals surface area contributed by atoms with Crippen molar-refractivity contribution in [3.8, 4) is 5.69 Å². The van der Waals surface area contributed by atoms with E-state index in [1.807, 2.05) is 30.3 Å². The highest BCUT2D eigenvalue weighted by atomic mass is 35.5. The van der Waals surface area contributed by atoms with Gasteiger partial charge in [-0.1, -0.05) is 44.5 Å². The first-order valence-electron chi connectivity index (χ1n) is 10.8. The predicted molar refractivity (Wildman–Crippen MR) is 131 cm³/mol. The van der Waals surface area contributed by atoms with Crippen LogP contribution in [0.25, 0.3) is 5.69 Å². The van der Waals surface area contributed by atoms with Gasteiger partial charge in [0.2, 0.25) is 0 Å². The van der Waals surface area contributed by atoms with Crippen molar-refractivity contribution in [2.45, 2.75) is 46.0 Å². The first kappa shape index (κ1) is 24.3. The summed E-state index contributed by atoms with van der Waals surface area (Å²) in [4.78, 5) is 24.2. The average Bonchev–Trinajstić information content (AvgIpc) is 3.18. The van der Waals surface area contributed by atoms with E-state index in [0.29, 0.717) is 36.0 Å². The Morgan fingerprint density at radius 3 is 2.30 bits per heavy atom. The SMILES string of the molecule is CCOC(=O)CCc1ccc(-n2nc(C(C)(C)C)cc2NC(=O)Nc2ccc(Cl)cc2)cc1. The molecule has 0 spiro atoms. The number of aryl methyl sites for hydroxylation is 1. The van der Waals surface area contributed by atoms with Crippen LogP contribution in [0.3, 0.4) is 0 Å². The molecule has 174 valence electrons. The van der Waals surface area contributed by atoms with Gasteiger partial charge in [0.15, 0.2) is 0 Å². The van der Waals surface area contributed by atoms with E-state index in [1.54, 1.807) is 35.9 Å². The number of hydrogen-bond acceptors (Lipinski definition) is 4. The number of ether oxygens (including phenoxy) is 1. The summed E-state index contributed by atoms with van der Waals surface area (Å²) in [5.41, 5.74) is 3.09. The summed E-state index contributed by atoms with van der Waals surface area (Å²) >= 11 is 5.91. The Labute approximate surface area is 199 Å². The molecule has 0 fully saturated rings. The Morgan fingerprint density at radius 1 is 1.03 bits per heavy atom. The standard InChI is InChI=1S/C25H29ClN4O3/c1-5-33-23(31)15-8-17-6-13-20(14-7-17)30-22(16-21(29-30)25(2,3)4)28-24(32)27-19-11-9-18(26)10-12-19/h6-7,9-14,16H,5,8,15H2,1-4H3,(H2,27,28,32). The van der Waals surface area contributed by atoms with Crippen LogP contribution in [0, 0.1) is 0 Å². The molecule has 1 aromatic heterocycles. The lowest BCUT2D eigenvalue weighted by Crippen LogP contribution is -2.21. The molecule has 0 bridgehead atoms. The molecule has 0 radical (unpaired) electrons. The third-order valence-corrected chi connectivity index (χ3v) is 5.18. The molecule has 33 heavy (non-hydrogen) atoms. The van der Waals surface area contributed by atoms with Crippen molar-refractivity contribution in [2.24, 2.45) is 0 Å². The van der Waals surface area contributed by atoms with Gasteiger partial charge in [-0.25, -0.2) is 9.48 Å². The summed E-state index contributed by atoms with van der Waals surface area (Å²) < 4.78 is 6.69. The minimum atomic E-state index is -0.384. The fraction of sp³-hybridized carbons (Fsp3) is 0.320.